The molecule has 3 nitrogen and oxygen atoms in total. The van der Waals surface area contributed by atoms with Crippen molar-refractivity contribution in [3.63, 3.8) is 0 Å². The summed E-state index contributed by atoms with van der Waals surface area (Å²) in [6.07, 6.45) is 0.878. The standard InChI is InChI=1S/C13H19F2NO2S/c1-4-12(9(2)16-3)10-5-7-11(8-6-10)19(17,18)13(14)15/h5-9,12-13,16H,4H2,1-3H3. The molecule has 1 aromatic rings. The minimum atomic E-state index is -4.50. The first-order valence-electron chi connectivity index (χ1n) is 6.13. The zero-order chi connectivity index (χ0) is 14.6. The van der Waals surface area contributed by atoms with E-state index in [0.717, 1.165) is 12.0 Å². The molecule has 108 valence electrons. The number of hydrogen-bond acceptors (Lipinski definition) is 3. The molecule has 0 heterocycles. The van der Waals surface area contributed by atoms with E-state index in [2.05, 4.69) is 5.32 Å². The van der Waals surface area contributed by atoms with Gasteiger partial charge in [-0.1, -0.05) is 19.1 Å². The highest BCUT2D eigenvalue weighted by atomic mass is 32.2. The summed E-state index contributed by atoms with van der Waals surface area (Å²) in [5, 5.41) is 3.14. The Morgan fingerprint density at radius 3 is 2.11 bits per heavy atom. The Morgan fingerprint density at radius 1 is 1.21 bits per heavy atom. The van der Waals surface area contributed by atoms with Gasteiger partial charge >= 0.3 is 5.76 Å². The molecule has 0 aliphatic heterocycles. The Morgan fingerprint density at radius 2 is 1.74 bits per heavy atom. The maximum absolute atomic E-state index is 12.4. The van der Waals surface area contributed by atoms with E-state index in [-0.39, 0.29) is 16.9 Å². The number of nitrogens with one attached hydrogen (secondary N) is 1. The number of likely N-dealkylation sites (N-methyl/N-ethyl adjacent to an activating group) is 1. The highest BCUT2D eigenvalue weighted by molar-refractivity contribution is 7.91. The molecule has 6 heteroatoms. The van der Waals surface area contributed by atoms with Crippen LogP contribution >= 0.6 is 0 Å². The van der Waals surface area contributed by atoms with Gasteiger partial charge in [0.05, 0.1) is 4.90 Å². The molecular weight excluding hydrogens is 272 g/mol. The van der Waals surface area contributed by atoms with Gasteiger partial charge in [-0.25, -0.2) is 8.42 Å². The zero-order valence-electron chi connectivity index (χ0n) is 11.2. The molecule has 0 aromatic heterocycles. The fourth-order valence-electron chi connectivity index (χ4n) is 2.09. The fourth-order valence-corrected chi connectivity index (χ4v) is 2.81. The first-order chi connectivity index (χ1) is 8.84. The number of sulfone groups is 1. The molecule has 1 aromatic carbocycles. The fraction of sp³-hybridized carbons (Fsp3) is 0.538. The first-order valence-corrected chi connectivity index (χ1v) is 7.68. The van der Waals surface area contributed by atoms with Gasteiger partial charge in [0.1, 0.15) is 0 Å². The van der Waals surface area contributed by atoms with Crippen LogP contribution in [0.5, 0.6) is 0 Å². The largest absolute Gasteiger partial charge is 0.341 e. The normalized spacial score (nSPS) is 15.5. The van der Waals surface area contributed by atoms with E-state index in [1.807, 2.05) is 20.9 Å². The van der Waals surface area contributed by atoms with E-state index in [1.165, 1.54) is 12.1 Å². The first kappa shape index (κ1) is 16.0. The summed E-state index contributed by atoms with van der Waals surface area (Å²) in [6, 6.07) is 5.95. The van der Waals surface area contributed by atoms with E-state index >= 15 is 0 Å². The summed E-state index contributed by atoms with van der Waals surface area (Å²) in [5.41, 5.74) is 0.942. The molecule has 1 N–H and O–H groups in total. The molecule has 0 spiro atoms. The monoisotopic (exact) mass is 291 g/mol. The Labute approximate surface area is 112 Å². The number of rotatable bonds is 6. The second-order valence-corrected chi connectivity index (χ2v) is 6.38. The van der Waals surface area contributed by atoms with Crippen molar-refractivity contribution in [2.75, 3.05) is 7.05 Å². The summed E-state index contributed by atoms with van der Waals surface area (Å²) in [4.78, 5) is -0.335. The van der Waals surface area contributed by atoms with Gasteiger partial charge in [-0.3, -0.25) is 0 Å². The van der Waals surface area contributed by atoms with Crippen LogP contribution in [0.25, 0.3) is 0 Å². The molecule has 0 saturated carbocycles. The lowest BCUT2D eigenvalue weighted by atomic mass is 9.90. The van der Waals surface area contributed by atoms with Crippen LogP contribution in [0.15, 0.2) is 29.2 Å². The lowest BCUT2D eigenvalue weighted by Gasteiger charge is -2.22. The molecule has 2 atom stereocenters. The lowest BCUT2D eigenvalue weighted by Crippen LogP contribution is -2.28. The molecule has 0 radical (unpaired) electrons. The third-order valence-corrected chi connectivity index (χ3v) is 4.77. The highest BCUT2D eigenvalue weighted by Gasteiger charge is 2.26. The molecule has 2 unspecified atom stereocenters. The number of alkyl halides is 2. The average molecular weight is 291 g/mol. The Hall–Kier alpha value is -1.01. The van der Waals surface area contributed by atoms with Gasteiger partial charge < -0.3 is 5.32 Å². The second kappa shape index (κ2) is 6.43. The predicted molar refractivity (Wildman–Crippen MR) is 71.2 cm³/mol. The van der Waals surface area contributed by atoms with Crippen molar-refractivity contribution in [2.24, 2.45) is 0 Å². The third-order valence-electron chi connectivity index (χ3n) is 3.37. The van der Waals surface area contributed by atoms with E-state index < -0.39 is 15.6 Å². The van der Waals surface area contributed by atoms with Crippen LogP contribution in [0, 0.1) is 0 Å². The van der Waals surface area contributed by atoms with Crippen LogP contribution in [-0.4, -0.2) is 27.3 Å². The van der Waals surface area contributed by atoms with Gasteiger partial charge in [-0.05, 0) is 44.0 Å². The summed E-state index contributed by atoms with van der Waals surface area (Å²) in [6.45, 7) is 4.06. The van der Waals surface area contributed by atoms with E-state index in [9.17, 15) is 17.2 Å². The topological polar surface area (TPSA) is 46.2 Å². The van der Waals surface area contributed by atoms with Crippen LogP contribution in [0.4, 0.5) is 8.78 Å². The molecule has 0 saturated heterocycles. The van der Waals surface area contributed by atoms with E-state index in [1.54, 1.807) is 12.1 Å². The quantitative estimate of drug-likeness (QED) is 0.876. The summed E-state index contributed by atoms with van der Waals surface area (Å²) < 4.78 is 47.4. The molecule has 0 amide bonds. The lowest BCUT2D eigenvalue weighted by molar-refractivity contribution is 0.234. The zero-order valence-corrected chi connectivity index (χ0v) is 12.0. The maximum Gasteiger partial charge on any atom is 0.341 e. The van der Waals surface area contributed by atoms with Gasteiger partial charge in [0.2, 0.25) is 9.84 Å². The third kappa shape index (κ3) is 3.51. The van der Waals surface area contributed by atoms with Gasteiger partial charge in [-0.15, -0.1) is 0 Å². The van der Waals surface area contributed by atoms with Gasteiger partial charge in [0.15, 0.2) is 0 Å². The Bertz CT molecular complexity index is 500. The SMILES string of the molecule is CCC(c1ccc(S(=O)(=O)C(F)F)cc1)C(C)NC. The summed E-state index contributed by atoms with van der Waals surface area (Å²) >= 11 is 0. The van der Waals surface area contributed by atoms with Crippen LogP contribution in [0.2, 0.25) is 0 Å². The minimum Gasteiger partial charge on any atom is -0.317 e. The van der Waals surface area contributed by atoms with Gasteiger partial charge in [0, 0.05) is 6.04 Å². The molecule has 0 aliphatic rings. The number of hydrogen-bond donors (Lipinski definition) is 1. The van der Waals surface area contributed by atoms with Crippen molar-refractivity contribution in [1.82, 2.24) is 5.32 Å². The van der Waals surface area contributed by atoms with Crippen molar-refractivity contribution in [1.29, 1.82) is 0 Å². The average Bonchev–Trinajstić information content (AvgIpc) is 2.39. The van der Waals surface area contributed by atoms with Crippen molar-refractivity contribution >= 4 is 9.84 Å². The number of halogens is 2. The van der Waals surface area contributed by atoms with E-state index in [0.29, 0.717) is 0 Å². The van der Waals surface area contributed by atoms with Crippen LogP contribution < -0.4 is 5.32 Å². The van der Waals surface area contributed by atoms with Crippen LogP contribution in [0.1, 0.15) is 31.7 Å². The van der Waals surface area contributed by atoms with Crippen molar-refractivity contribution in [3.8, 4) is 0 Å². The smallest absolute Gasteiger partial charge is 0.317 e. The van der Waals surface area contributed by atoms with Gasteiger partial charge in [0.25, 0.3) is 0 Å². The molecular formula is C13H19F2NO2S. The highest BCUT2D eigenvalue weighted by Crippen LogP contribution is 2.26. The van der Waals surface area contributed by atoms with Crippen molar-refractivity contribution < 1.29 is 17.2 Å². The Balaban J connectivity index is 3.06. The van der Waals surface area contributed by atoms with Crippen LogP contribution in [0.3, 0.4) is 0 Å². The van der Waals surface area contributed by atoms with Gasteiger partial charge in [-0.2, -0.15) is 8.78 Å². The predicted octanol–water partition coefficient (Wildman–Crippen LogP) is 2.78. The minimum absolute atomic E-state index is 0.216. The molecule has 0 aliphatic carbocycles. The molecule has 1 rings (SSSR count). The van der Waals surface area contributed by atoms with E-state index in [4.69, 9.17) is 0 Å². The Kier molecular flexibility index (Phi) is 5.43. The summed E-state index contributed by atoms with van der Waals surface area (Å²) in [7, 11) is -2.65. The van der Waals surface area contributed by atoms with Crippen molar-refractivity contribution in [2.45, 2.75) is 42.9 Å². The summed E-state index contributed by atoms with van der Waals surface area (Å²) in [5.74, 6) is -3.16. The molecule has 19 heavy (non-hydrogen) atoms. The molecule has 0 fully saturated rings. The van der Waals surface area contributed by atoms with Crippen molar-refractivity contribution in [3.05, 3.63) is 29.8 Å². The maximum atomic E-state index is 12.4. The number of benzene rings is 1. The molecule has 0 bridgehead atoms. The van der Waals surface area contributed by atoms with Crippen LogP contribution in [-0.2, 0) is 9.84 Å². The second-order valence-electron chi connectivity index (χ2n) is 4.47.